The van der Waals surface area contributed by atoms with E-state index in [0.717, 1.165) is 0 Å². The fourth-order valence-electron chi connectivity index (χ4n) is 3.36. The number of halogens is 2. The first kappa shape index (κ1) is 22.1. The molecule has 1 heterocycles. The average Bonchev–Trinajstić information content (AvgIpc) is 3.15. The number of nitrogens with zero attached hydrogens (tertiary/aromatic N) is 1. The molecule has 3 rings (SSSR count). The van der Waals surface area contributed by atoms with Crippen molar-refractivity contribution >= 4 is 23.2 Å². The zero-order chi connectivity index (χ0) is 22.5. The van der Waals surface area contributed by atoms with Gasteiger partial charge in [0, 0.05) is 25.1 Å². The maximum atomic E-state index is 12.7. The summed E-state index contributed by atoms with van der Waals surface area (Å²) in [6, 6.07) is 9.10. The lowest BCUT2D eigenvalue weighted by atomic mass is 10.1. The van der Waals surface area contributed by atoms with E-state index in [2.05, 4.69) is 10.1 Å². The van der Waals surface area contributed by atoms with Gasteiger partial charge in [-0.1, -0.05) is 12.1 Å². The monoisotopic (exact) mass is 436 g/mol. The Hall–Kier alpha value is -3.56. The van der Waals surface area contributed by atoms with Crippen molar-refractivity contribution in [3.63, 3.8) is 0 Å². The number of hydrogen-bond donors (Lipinski definition) is 1. The van der Waals surface area contributed by atoms with Crippen LogP contribution < -0.4 is 29.2 Å². The van der Waals surface area contributed by atoms with E-state index in [4.69, 9.17) is 14.2 Å². The highest BCUT2D eigenvalue weighted by molar-refractivity contribution is 6.04. The number of methoxy groups -OCH3 is 3. The fourth-order valence-corrected chi connectivity index (χ4v) is 3.36. The second kappa shape index (κ2) is 9.50. The summed E-state index contributed by atoms with van der Waals surface area (Å²) >= 11 is 0. The molecule has 31 heavy (non-hydrogen) atoms. The molecule has 0 radical (unpaired) electrons. The zero-order valence-electron chi connectivity index (χ0n) is 17.2. The number of benzene rings is 2. The van der Waals surface area contributed by atoms with Gasteiger partial charge >= 0.3 is 6.61 Å². The minimum absolute atomic E-state index is 0.0413. The molecule has 1 unspecified atom stereocenters. The van der Waals surface area contributed by atoms with Gasteiger partial charge in [-0.2, -0.15) is 8.78 Å². The predicted molar refractivity (Wildman–Crippen MR) is 108 cm³/mol. The SMILES string of the molecule is COc1cc(N2CC(C(=O)Nc3ccccc3OC(F)F)CC2=O)cc(OC)c1OC. The molecular formula is C21H22F2N2O6. The van der Waals surface area contributed by atoms with Crippen molar-refractivity contribution in [1.82, 2.24) is 0 Å². The van der Waals surface area contributed by atoms with Crippen molar-refractivity contribution in [1.29, 1.82) is 0 Å². The second-order valence-corrected chi connectivity index (χ2v) is 6.65. The molecule has 1 N–H and O–H groups in total. The number of nitrogens with one attached hydrogen (secondary N) is 1. The van der Waals surface area contributed by atoms with E-state index in [1.165, 1.54) is 44.4 Å². The van der Waals surface area contributed by atoms with Gasteiger partial charge in [-0.05, 0) is 12.1 Å². The van der Waals surface area contributed by atoms with Crippen LogP contribution in [-0.4, -0.2) is 46.3 Å². The van der Waals surface area contributed by atoms with Crippen molar-refractivity contribution in [3.05, 3.63) is 36.4 Å². The Balaban J connectivity index is 1.79. The van der Waals surface area contributed by atoms with Crippen LogP contribution in [0.3, 0.4) is 0 Å². The first-order valence-electron chi connectivity index (χ1n) is 9.33. The molecule has 10 heteroatoms. The van der Waals surface area contributed by atoms with Crippen LogP contribution in [0.5, 0.6) is 23.0 Å². The van der Waals surface area contributed by atoms with Crippen LogP contribution in [0.1, 0.15) is 6.42 Å². The van der Waals surface area contributed by atoms with E-state index < -0.39 is 18.4 Å². The van der Waals surface area contributed by atoms with Crippen molar-refractivity contribution in [2.24, 2.45) is 5.92 Å². The lowest BCUT2D eigenvalue weighted by Crippen LogP contribution is -2.28. The average molecular weight is 436 g/mol. The number of para-hydroxylation sites is 2. The predicted octanol–water partition coefficient (Wildman–Crippen LogP) is 3.31. The molecular weight excluding hydrogens is 414 g/mol. The Morgan fingerprint density at radius 2 is 1.71 bits per heavy atom. The number of ether oxygens (including phenoxy) is 4. The number of carbonyl (C=O) groups excluding carboxylic acids is 2. The molecule has 8 nitrogen and oxygen atoms in total. The summed E-state index contributed by atoms with van der Waals surface area (Å²) in [6.45, 7) is -2.93. The Labute approximate surface area is 177 Å². The van der Waals surface area contributed by atoms with Gasteiger partial charge in [0.2, 0.25) is 17.6 Å². The minimum Gasteiger partial charge on any atom is -0.493 e. The van der Waals surface area contributed by atoms with Gasteiger partial charge in [0.15, 0.2) is 11.5 Å². The van der Waals surface area contributed by atoms with E-state index in [9.17, 15) is 18.4 Å². The van der Waals surface area contributed by atoms with Gasteiger partial charge < -0.3 is 29.2 Å². The van der Waals surface area contributed by atoms with E-state index in [0.29, 0.717) is 22.9 Å². The van der Waals surface area contributed by atoms with Crippen LogP contribution in [0.2, 0.25) is 0 Å². The molecule has 1 atom stereocenters. The lowest BCUT2D eigenvalue weighted by molar-refractivity contribution is -0.122. The topological polar surface area (TPSA) is 86.3 Å². The maximum Gasteiger partial charge on any atom is 0.387 e. The summed E-state index contributed by atoms with van der Waals surface area (Å²) in [4.78, 5) is 26.8. The third-order valence-electron chi connectivity index (χ3n) is 4.82. The molecule has 1 fully saturated rings. The van der Waals surface area contributed by atoms with Crippen LogP contribution in [-0.2, 0) is 9.59 Å². The zero-order valence-corrected chi connectivity index (χ0v) is 17.2. The summed E-state index contributed by atoms with van der Waals surface area (Å²) in [5.74, 6) is -0.473. The maximum absolute atomic E-state index is 12.7. The molecule has 1 aliphatic heterocycles. The molecule has 1 saturated heterocycles. The van der Waals surface area contributed by atoms with Crippen molar-refractivity contribution in [2.45, 2.75) is 13.0 Å². The molecule has 0 aliphatic carbocycles. The fraction of sp³-hybridized carbons (Fsp3) is 0.333. The third-order valence-corrected chi connectivity index (χ3v) is 4.82. The Morgan fingerprint density at radius 1 is 1.06 bits per heavy atom. The van der Waals surface area contributed by atoms with Gasteiger partial charge in [-0.25, -0.2) is 0 Å². The van der Waals surface area contributed by atoms with Crippen molar-refractivity contribution in [2.75, 3.05) is 38.1 Å². The Bertz CT molecular complexity index is 944. The summed E-state index contributed by atoms with van der Waals surface area (Å²) in [5.41, 5.74) is 0.586. The Kier molecular flexibility index (Phi) is 6.78. The molecule has 0 bridgehead atoms. The van der Waals surface area contributed by atoms with E-state index in [1.54, 1.807) is 18.2 Å². The van der Waals surface area contributed by atoms with Gasteiger partial charge in [-0.15, -0.1) is 0 Å². The van der Waals surface area contributed by atoms with Gasteiger partial charge in [0.05, 0.1) is 38.6 Å². The number of amides is 2. The number of rotatable bonds is 8. The van der Waals surface area contributed by atoms with Crippen LogP contribution in [0.25, 0.3) is 0 Å². The smallest absolute Gasteiger partial charge is 0.387 e. The van der Waals surface area contributed by atoms with Crippen molar-refractivity contribution in [3.8, 4) is 23.0 Å². The van der Waals surface area contributed by atoms with Crippen LogP contribution >= 0.6 is 0 Å². The molecule has 166 valence electrons. The highest BCUT2D eigenvalue weighted by Crippen LogP contribution is 2.42. The summed E-state index contributed by atoms with van der Waals surface area (Å²) in [7, 11) is 4.39. The molecule has 1 aliphatic rings. The third kappa shape index (κ3) is 4.79. The standard InChI is InChI=1S/C21H22F2N2O6/c1-28-16-9-13(10-17(29-2)19(16)30-3)25-11-12(8-18(25)26)20(27)24-14-6-4-5-7-15(14)31-21(22)23/h4-7,9-10,12,21H,8,11H2,1-3H3,(H,24,27). The summed E-state index contributed by atoms with van der Waals surface area (Å²) in [6.07, 6.45) is -0.0413. The van der Waals surface area contributed by atoms with Crippen LogP contribution in [0.4, 0.5) is 20.2 Å². The molecule has 0 saturated carbocycles. The number of alkyl halides is 2. The van der Waals surface area contributed by atoms with Gasteiger partial charge in [0.25, 0.3) is 0 Å². The lowest BCUT2D eigenvalue weighted by Gasteiger charge is -2.20. The summed E-state index contributed by atoms with van der Waals surface area (Å²) < 4.78 is 45.5. The van der Waals surface area contributed by atoms with Crippen LogP contribution in [0, 0.1) is 5.92 Å². The number of anilines is 2. The largest absolute Gasteiger partial charge is 0.493 e. The van der Waals surface area contributed by atoms with E-state index >= 15 is 0 Å². The normalized spacial score (nSPS) is 15.7. The Morgan fingerprint density at radius 3 is 2.29 bits per heavy atom. The van der Waals surface area contributed by atoms with E-state index in [-0.39, 0.29) is 30.3 Å². The molecule has 0 spiro atoms. The number of carbonyl (C=O) groups is 2. The van der Waals surface area contributed by atoms with Crippen LogP contribution in [0.15, 0.2) is 36.4 Å². The first-order chi connectivity index (χ1) is 14.9. The number of hydrogen-bond acceptors (Lipinski definition) is 6. The highest BCUT2D eigenvalue weighted by atomic mass is 19.3. The highest BCUT2D eigenvalue weighted by Gasteiger charge is 2.36. The van der Waals surface area contributed by atoms with E-state index in [1.807, 2.05) is 0 Å². The molecule has 2 amide bonds. The first-order valence-corrected chi connectivity index (χ1v) is 9.33. The molecule has 2 aromatic carbocycles. The van der Waals surface area contributed by atoms with Crippen molar-refractivity contribution < 1.29 is 37.3 Å². The summed E-state index contributed by atoms with van der Waals surface area (Å²) in [5, 5.41) is 2.57. The molecule has 0 aromatic heterocycles. The molecule has 2 aromatic rings. The second-order valence-electron chi connectivity index (χ2n) is 6.65. The minimum atomic E-state index is -3.03. The quantitative estimate of drug-likeness (QED) is 0.684. The van der Waals surface area contributed by atoms with Gasteiger partial charge in [-0.3, -0.25) is 9.59 Å². The van der Waals surface area contributed by atoms with Gasteiger partial charge in [0.1, 0.15) is 5.75 Å².